The second-order valence-electron chi connectivity index (χ2n) is 6.36. The van der Waals surface area contributed by atoms with Gasteiger partial charge >= 0.3 is 0 Å². The van der Waals surface area contributed by atoms with Gasteiger partial charge in [-0.25, -0.2) is 4.90 Å². The molecule has 4 rings (SSSR count). The number of imide groups is 1. The molecule has 132 valence electrons. The van der Waals surface area contributed by atoms with Gasteiger partial charge in [0, 0.05) is 28.1 Å². The van der Waals surface area contributed by atoms with E-state index in [9.17, 15) is 9.59 Å². The van der Waals surface area contributed by atoms with Crippen LogP contribution >= 0.6 is 15.9 Å². The Labute approximate surface area is 159 Å². The second kappa shape index (κ2) is 7.05. The summed E-state index contributed by atoms with van der Waals surface area (Å²) < 4.78 is 0.911. The number of nitrogens with zero attached hydrogens (tertiary/aromatic N) is 1. The van der Waals surface area contributed by atoms with Crippen LogP contribution in [0.25, 0.3) is 10.9 Å². The molecule has 1 unspecified atom stereocenters. The molecule has 0 saturated carbocycles. The monoisotopic (exact) mass is 411 g/mol. The number of H-pyrrole nitrogens is 1. The number of anilines is 1. The van der Waals surface area contributed by atoms with Crippen LogP contribution in [0.2, 0.25) is 0 Å². The van der Waals surface area contributed by atoms with Crippen LogP contribution in [-0.4, -0.2) is 29.4 Å². The van der Waals surface area contributed by atoms with E-state index in [0.29, 0.717) is 12.2 Å². The molecule has 0 bridgehead atoms. The summed E-state index contributed by atoms with van der Waals surface area (Å²) in [4.78, 5) is 29.5. The van der Waals surface area contributed by atoms with Gasteiger partial charge in [0.15, 0.2) is 0 Å². The average molecular weight is 412 g/mol. The van der Waals surface area contributed by atoms with Gasteiger partial charge in [-0.05, 0) is 42.3 Å². The van der Waals surface area contributed by atoms with E-state index in [1.54, 1.807) is 12.1 Å². The lowest BCUT2D eigenvalue weighted by Crippen LogP contribution is -2.39. The van der Waals surface area contributed by atoms with Gasteiger partial charge in [0.05, 0.1) is 18.2 Å². The van der Waals surface area contributed by atoms with E-state index in [4.69, 9.17) is 0 Å². The van der Waals surface area contributed by atoms with E-state index in [0.717, 1.165) is 16.4 Å². The number of carbonyl (C=O) groups is 2. The summed E-state index contributed by atoms with van der Waals surface area (Å²) in [5.41, 5.74) is 2.93. The number of benzene rings is 2. The van der Waals surface area contributed by atoms with Crippen molar-refractivity contribution in [1.29, 1.82) is 0 Å². The Bertz CT molecular complexity index is 965. The number of nitrogens with one attached hydrogen (secondary N) is 2. The fourth-order valence-corrected chi connectivity index (χ4v) is 3.64. The summed E-state index contributed by atoms with van der Waals surface area (Å²) in [7, 11) is 0. The molecular formula is C20H18BrN3O2. The first-order chi connectivity index (χ1) is 12.6. The molecule has 1 fully saturated rings. The summed E-state index contributed by atoms with van der Waals surface area (Å²) in [5, 5.41) is 4.43. The smallest absolute Gasteiger partial charge is 0.251 e. The van der Waals surface area contributed by atoms with E-state index >= 15 is 0 Å². The van der Waals surface area contributed by atoms with Crippen LogP contribution in [0, 0.1) is 0 Å². The Hall–Kier alpha value is -2.44. The Kier molecular flexibility index (Phi) is 4.61. The maximum absolute atomic E-state index is 12.6. The number of hydrogen-bond donors (Lipinski definition) is 2. The third-order valence-electron chi connectivity index (χ3n) is 4.69. The summed E-state index contributed by atoms with van der Waals surface area (Å²) in [5.74, 6) is -0.349. The van der Waals surface area contributed by atoms with Crippen molar-refractivity contribution in [2.75, 3.05) is 11.4 Å². The molecule has 2 heterocycles. The van der Waals surface area contributed by atoms with Crippen molar-refractivity contribution >= 4 is 44.3 Å². The molecule has 1 saturated heterocycles. The number of fused-ring (bicyclic) bond motifs is 1. The van der Waals surface area contributed by atoms with E-state index in [-0.39, 0.29) is 18.2 Å². The highest BCUT2D eigenvalue weighted by atomic mass is 79.9. The molecule has 0 radical (unpaired) electrons. The molecule has 2 aromatic carbocycles. The molecule has 1 aliphatic rings. The second-order valence-corrected chi connectivity index (χ2v) is 7.28. The number of aromatic nitrogens is 1. The van der Waals surface area contributed by atoms with Crippen LogP contribution in [0.5, 0.6) is 0 Å². The Balaban J connectivity index is 1.40. The van der Waals surface area contributed by atoms with Crippen molar-refractivity contribution in [2.45, 2.75) is 18.9 Å². The van der Waals surface area contributed by atoms with Crippen LogP contribution in [0.3, 0.4) is 0 Å². The van der Waals surface area contributed by atoms with Crippen molar-refractivity contribution < 1.29 is 9.59 Å². The maximum Gasteiger partial charge on any atom is 0.251 e. The van der Waals surface area contributed by atoms with Crippen LogP contribution in [0.15, 0.2) is 59.2 Å². The van der Waals surface area contributed by atoms with Crippen LogP contribution in [0.4, 0.5) is 5.69 Å². The fraction of sp³-hybridized carbons (Fsp3) is 0.200. The molecule has 1 aromatic heterocycles. The Morgan fingerprint density at radius 3 is 2.69 bits per heavy atom. The summed E-state index contributed by atoms with van der Waals surface area (Å²) in [6, 6.07) is 14.9. The highest BCUT2D eigenvalue weighted by Crippen LogP contribution is 2.25. The molecule has 5 nitrogen and oxygen atoms in total. The van der Waals surface area contributed by atoms with Gasteiger partial charge in [-0.1, -0.05) is 34.1 Å². The summed E-state index contributed by atoms with van der Waals surface area (Å²) in [6.07, 6.45) is 2.99. The summed E-state index contributed by atoms with van der Waals surface area (Å²) in [6.45, 7) is 0.639. The lowest BCUT2D eigenvalue weighted by molar-refractivity contribution is -0.121. The van der Waals surface area contributed by atoms with Crippen molar-refractivity contribution in [3.8, 4) is 0 Å². The first-order valence-electron chi connectivity index (χ1n) is 8.54. The molecule has 1 aliphatic heterocycles. The quantitative estimate of drug-likeness (QED) is 0.632. The van der Waals surface area contributed by atoms with E-state index in [1.165, 1.54) is 15.8 Å². The van der Waals surface area contributed by atoms with Crippen LogP contribution in [-0.2, 0) is 16.0 Å². The Morgan fingerprint density at radius 1 is 1.12 bits per heavy atom. The number of rotatable bonds is 5. The van der Waals surface area contributed by atoms with Crippen molar-refractivity contribution in [3.05, 3.63) is 64.8 Å². The van der Waals surface area contributed by atoms with Crippen LogP contribution < -0.4 is 10.2 Å². The normalized spacial score (nSPS) is 17.4. The first-order valence-corrected chi connectivity index (χ1v) is 9.33. The molecular weight excluding hydrogens is 394 g/mol. The minimum absolute atomic E-state index is 0.165. The number of halogens is 1. The zero-order chi connectivity index (χ0) is 18.1. The Morgan fingerprint density at radius 2 is 1.88 bits per heavy atom. The van der Waals surface area contributed by atoms with Gasteiger partial charge in [0.1, 0.15) is 0 Å². The summed E-state index contributed by atoms with van der Waals surface area (Å²) >= 11 is 3.36. The van der Waals surface area contributed by atoms with Gasteiger partial charge < -0.3 is 10.3 Å². The zero-order valence-electron chi connectivity index (χ0n) is 14.0. The minimum atomic E-state index is -0.462. The first kappa shape index (κ1) is 17.0. The van der Waals surface area contributed by atoms with Gasteiger partial charge in [-0.3, -0.25) is 9.59 Å². The molecule has 0 spiro atoms. The predicted molar refractivity (Wildman–Crippen MR) is 105 cm³/mol. The molecule has 0 aliphatic carbocycles. The van der Waals surface area contributed by atoms with Gasteiger partial charge in [-0.15, -0.1) is 0 Å². The average Bonchev–Trinajstić information content (AvgIpc) is 3.17. The molecule has 26 heavy (non-hydrogen) atoms. The van der Waals surface area contributed by atoms with E-state index < -0.39 is 6.04 Å². The lowest BCUT2D eigenvalue weighted by Gasteiger charge is -2.15. The predicted octanol–water partition coefficient (Wildman–Crippen LogP) is 3.39. The topological polar surface area (TPSA) is 65.2 Å². The van der Waals surface area contributed by atoms with Crippen molar-refractivity contribution in [2.24, 2.45) is 0 Å². The largest absolute Gasteiger partial charge is 0.361 e. The van der Waals surface area contributed by atoms with E-state index in [1.807, 2.05) is 36.5 Å². The van der Waals surface area contributed by atoms with Gasteiger partial charge in [-0.2, -0.15) is 0 Å². The molecule has 3 aromatic rings. The number of hydrogen-bond acceptors (Lipinski definition) is 3. The maximum atomic E-state index is 12.6. The number of amides is 2. The number of aromatic amines is 1. The minimum Gasteiger partial charge on any atom is -0.361 e. The number of para-hydroxylation sites is 1. The molecule has 2 N–H and O–H groups in total. The molecule has 2 amide bonds. The molecule has 6 heteroatoms. The zero-order valence-corrected chi connectivity index (χ0v) is 15.6. The van der Waals surface area contributed by atoms with Crippen LogP contribution in [0.1, 0.15) is 12.0 Å². The highest BCUT2D eigenvalue weighted by molar-refractivity contribution is 9.10. The molecule has 1 atom stereocenters. The third-order valence-corrected chi connectivity index (χ3v) is 5.22. The SMILES string of the molecule is O=C1CC(NCCc2c[nH]c3ccccc23)C(=O)N1c1ccc(Br)cc1. The lowest BCUT2D eigenvalue weighted by atomic mass is 10.1. The van der Waals surface area contributed by atoms with Gasteiger partial charge in [0.25, 0.3) is 5.91 Å². The van der Waals surface area contributed by atoms with Crippen molar-refractivity contribution in [1.82, 2.24) is 10.3 Å². The van der Waals surface area contributed by atoms with Gasteiger partial charge in [0.2, 0.25) is 5.91 Å². The third kappa shape index (κ3) is 3.18. The number of carbonyl (C=O) groups excluding carboxylic acids is 2. The van der Waals surface area contributed by atoms with E-state index in [2.05, 4.69) is 32.3 Å². The fourth-order valence-electron chi connectivity index (χ4n) is 3.37. The standard InChI is InChI=1S/C20H18BrN3O2/c21-14-5-7-15(8-6-14)24-19(25)11-18(20(24)26)22-10-9-13-12-23-17-4-2-1-3-16(13)17/h1-8,12,18,22-23H,9-11H2. The highest BCUT2D eigenvalue weighted by Gasteiger charge is 2.39. The van der Waals surface area contributed by atoms with Crippen molar-refractivity contribution in [3.63, 3.8) is 0 Å².